The molecule has 0 bridgehead atoms. The second-order valence-corrected chi connectivity index (χ2v) is 1.61. The van der Waals surface area contributed by atoms with Crippen molar-refractivity contribution in [3.63, 3.8) is 0 Å². The molecule has 0 saturated heterocycles. The predicted octanol–water partition coefficient (Wildman–Crippen LogP) is -1.08. The van der Waals surface area contributed by atoms with Crippen LogP contribution in [0.5, 0.6) is 0 Å². The average molecular weight is 119 g/mol. The molecule has 3 N–H and O–H groups in total. The van der Waals surface area contributed by atoms with Crippen molar-refractivity contribution < 1.29 is 15.3 Å². The lowest BCUT2D eigenvalue weighted by Crippen LogP contribution is -2.28. The van der Waals surface area contributed by atoms with Crippen LogP contribution in [0.25, 0.3) is 0 Å². The first-order valence-electron chi connectivity index (χ1n) is 2.48. The largest absolute Gasteiger partial charge is 0.394 e. The Morgan fingerprint density at radius 3 is 1.88 bits per heavy atom. The zero-order valence-corrected chi connectivity index (χ0v) is 4.62. The molecule has 3 heteroatoms. The summed E-state index contributed by atoms with van der Waals surface area (Å²) < 4.78 is 0. The fraction of sp³-hybridized carbons (Fsp3) is 0.800. The molecule has 0 saturated carbocycles. The Hall–Kier alpha value is -0.120. The fourth-order valence-corrected chi connectivity index (χ4v) is 0.314. The van der Waals surface area contributed by atoms with Gasteiger partial charge in [-0.25, -0.2) is 0 Å². The minimum absolute atomic E-state index is 0.224. The van der Waals surface area contributed by atoms with Crippen molar-refractivity contribution in [2.45, 2.75) is 18.6 Å². The highest BCUT2D eigenvalue weighted by Gasteiger charge is 2.11. The highest BCUT2D eigenvalue weighted by atomic mass is 16.4. The lowest BCUT2D eigenvalue weighted by molar-refractivity contribution is -0.0123. The molecule has 0 spiro atoms. The SMILES string of the molecule is [CH2]C[C@H](O)[C@H](O)CO. The van der Waals surface area contributed by atoms with Crippen LogP contribution in [0.3, 0.4) is 0 Å². The third kappa shape index (κ3) is 2.26. The van der Waals surface area contributed by atoms with Gasteiger partial charge in [0.05, 0.1) is 12.7 Å². The van der Waals surface area contributed by atoms with Gasteiger partial charge in [-0.3, -0.25) is 0 Å². The van der Waals surface area contributed by atoms with E-state index in [2.05, 4.69) is 6.92 Å². The third-order valence-electron chi connectivity index (χ3n) is 0.927. The summed E-state index contributed by atoms with van der Waals surface area (Å²) in [7, 11) is 0. The first-order chi connectivity index (χ1) is 3.72. The molecule has 8 heavy (non-hydrogen) atoms. The van der Waals surface area contributed by atoms with Gasteiger partial charge in [-0.2, -0.15) is 0 Å². The van der Waals surface area contributed by atoms with Crippen molar-refractivity contribution in [3.05, 3.63) is 6.92 Å². The number of hydrogen-bond acceptors (Lipinski definition) is 3. The topological polar surface area (TPSA) is 60.7 Å². The van der Waals surface area contributed by atoms with Crippen molar-refractivity contribution in [2.24, 2.45) is 0 Å². The molecule has 0 unspecified atom stereocenters. The van der Waals surface area contributed by atoms with Gasteiger partial charge in [0.15, 0.2) is 0 Å². The summed E-state index contributed by atoms with van der Waals surface area (Å²) in [6, 6.07) is 0. The first kappa shape index (κ1) is 7.88. The maximum absolute atomic E-state index is 8.65. The van der Waals surface area contributed by atoms with Crippen LogP contribution in [-0.2, 0) is 0 Å². The van der Waals surface area contributed by atoms with Crippen molar-refractivity contribution in [1.82, 2.24) is 0 Å². The van der Waals surface area contributed by atoms with Crippen LogP contribution in [-0.4, -0.2) is 34.1 Å². The Balaban J connectivity index is 3.29. The van der Waals surface area contributed by atoms with E-state index in [0.717, 1.165) is 0 Å². The van der Waals surface area contributed by atoms with Gasteiger partial charge in [-0.05, 0) is 6.42 Å². The Labute approximate surface area is 48.6 Å². The van der Waals surface area contributed by atoms with Crippen LogP contribution in [0.2, 0.25) is 0 Å². The van der Waals surface area contributed by atoms with Gasteiger partial charge in [0.2, 0.25) is 0 Å². The molecule has 1 radical (unpaired) electrons. The van der Waals surface area contributed by atoms with E-state index in [0.29, 0.717) is 0 Å². The Morgan fingerprint density at radius 2 is 1.75 bits per heavy atom. The second-order valence-electron chi connectivity index (χ2n) is 1.61. The lowest BCUT2D eigenvalue weighted by Gasteiger charge is -2.11. The van der Waals surface area contributed by atoms with Gasteiger partial charge < -0.3 is 15.3 Å². The Bertz CT molecular complexity index is 47.6. The summed E-state index contributed by atoms with van der Waals surface area (Å²) in [6.45, 7) is 2.93. The Morgan fingerprint density at radius 1 is 1.25 bits per heavy atom. The second kappa shape index (κ2) is 3.83. The molecule has 0 rings (SSSR count). The molecule has 0 fully saturated rings. The summed E-state index contributed by atoms with van der Waals surface area (Å²) in [5.74, 6) is 0. The zero-order valence-electron chi connectivity index (χ0n) is 4.62. The minimum Gasteiger partial charge on any atom is -0.394 e. The van der Waals surface area contributed by atoms with Gasteiger partial charge in [0, 0.05) is 0 Å². The molecule has 0 aromatic rings. The summed E-state index contributed by atoms with van der Waals surface area (Å²) in [4.78, 5) is 0. The fourth-order valence-electron chi connectivity index (χ4n) is 0.314. The number of aliphatic hydroxyl groups excluding tert-OH is 3. The molecule has 3 nitrogen and oxygen atoms in total. The third-order valence-corrected chi connectivity index (χ3v) is 0.927. The van der Waals surface area contributed by atoms with Crippen molar-refractivity contribution in [2.75, 3.05) is 6.61 Å². The number of hydrogen-bond donors (Lipinski definition) is 3. The molecular weight excluding hydrogens is 108 g/mol. The van der Waals surface area contributed by atoms with Crippen LogP contribution in [0, 0.1) is 6.92 Å². The molecule has 49 valence electrons. The van der Waals surface area contributed by atoms with E-state index in [1.807, 2.05) is 0 Å². The van der Waals surface area contributed by atoms with E-state index in [9.17, 15) is 0 Å². The summed E-state index contributed by atoms with van der Waals surface area (Å²) in [5, 5.41) is 25.4. The van der Waals surface area contributed by atoms with Crippen molar-refractivity contribution in [1.29, 1.82) is 0 Å². The highest BCUT2D eigenvalue weighted by Crippen LogP contribution is 1.94. The highest BCUT2D eigenvalue weighted by molar-refractivity contribution is 4.65. The normalized spacial score (nSPS) is 18.0. The van der Waals surface area contributed by atoms with Gasteiger partial charge in [-0.1, -0.05) is 6.92 Å². The first-order valence-corrected chi connectivity index (χ1v) is 2.48. The number of aliphatic hydroxyl groups is 3. The summed E-state index contributed by atoms with van der Waals surface area (Å²) >= 11 is 0. The molecule has 0 heterocycles. The van der Waals surface area contributed by atoms with Gasteiger partial charge in [-0.15, -0.1) is 0 Å². The predicted molar refractivity (Wildman–Crippen MR) is 29.1 cm³/mol. The van der Waals surface area contributed by atoms with Gasteiger partial charge in [0.25, 0.3) is 0 Å². The smallest absolute Gasteiger partial charge is 0.103 e. The lowest BCUT2D eigenvalue weighted by atomic mass is 10.2. The summed E-state index contributed by atoms with van der Waals surface area (Å²) in [5.41, 5.74) is 0. The molecule has 0 aliphatic rings. The zero-order chi connectivity index (χ0) is 6.57. The number of rotatable bonds is 3. The van der Waals surface area contributed by atoms with Gasteiger partial charge >= 0.3 is 0 Å². The van der Waals surface area contributed by atoms with Crippen LogP contribution in [0.4, 0.5) is 0 Å². The average Bonchev–Trinajstić information content (AvgIpc) is 1.84. The van der Waals surface area contributed by atoms with Crippen LogP contribution in [0.15, 0.2) is 0 Å². The van der Waals surface area contributed by atoms with E-state index in [1.165, 1.54) is 0 Å². The van der Waals surface area contributed by atoms with E-state index >= 15 is 0 Å². The van der Waals surface area contributed by atoms with Crippen LogP contribution >= 0.6 is 0 Å². The Kier molecular flexibility index (Phi) is 3.77. The molecular formula is C5H11O3. The minimum atomic E-state index is -1.03. The standard InChI is InChI=1S/C5H11O3/c1-2-4(7)5(8)3-6/h4-8H,1-3H2/t4-,5+/m0/s1. The monoisotopic (exact) mass is 119 g/mol. The molecule has 2 atom stereocenters. The van der Waals surface area contributed by atoms with E-state index < -0.39 is 18.8 Å². The molecule has 0 amide bonds. The molecule has 0 aliphatic heterocycles. The van der Waals surface area contributed by atoms with Crippen LogP contribution in [0.1, 0.15) is 6.42 Å². The summed E-state index contributed by atoms with van der Waals surface area (Å²) in [6.07, 6.45) is -1.70. The maximum Gasteiger partial charge on any atom is 0.103 e. The molecule has 0 aromatic heterocycles. The van der Waals surface area contributed by atoms with Crippen molar-refractivity contribution in [3.8, 4) is 0 Å². The van der Waals surface area contributed by atoms with E-state index in [-0.39, 0.29) is 6.42 Å². The van der Waals surface area contributed by atoms with E-state index in [1.54, 1.807) is 0 Å². The quantitative estimate of drug-likeness (QED) is 0.443. The molecule has 0 aromatic carbocycles. The van der Waals surface area contributed by atoms with Crippen molar-refractivity contribution >= 4 is 0 Å². The van der Waals surface area contributed by atoms with Crippen LogP contribution < -0.4 is 0 Å². The van der Waals surface area contributed by atoms with E-state index in [4.69, 9.17) is 15.3 Å². The maximum atomic E-state index is 8.65. The van der Waals surface area contributed by atoms with Gasteiger partial charge in [0.1, 0.15) is 6.10 Å². The molecule has 0 aliphatic carbocycles.